The Hall–Kier alpha value is -5.94. The van der Waals surface area contributed by atoms with Crippen molar-refractivity contribution in [1.29, 1.82) is 5.26 Å². The van der Waals surface area contributed by atoms with E-state index in [0.717, 1.165) is 72.7 Å². The number of pyridine rings is 2. The lowest BCUT2D eigenvalue weighted by molar-refractivity contribution is -0.172. The monoisotopic (exact) mass is 859 g/mol. The fourth-order valence-corrected chi connectivity index (χ4v) is 8.82. The Balaban J connectivity index is 0.804. The van der Waals surface area contributed by atoms with E-state index in [-0.39, 0.29) is 36.6 Å². The number of rotatable bonds is 15. The fraction of sp³-hybridized carbons (Fsp3) is 0.396. The highest BCUT2D eigenvalue weighted by molar-refractivity contribution is 6.31. The molecule has 3 aromatic carbocycles. The molecule has 2 aliphatic heterocycles. The van der Waals surface area contributed by atoms with Gasteiger partial charge in [0.1, 0.15) is 29.9 Å². The molecule has 0 spiro atoms. The van der Waals surface area contributed by atoms with Gasteiger partial charge in [-0.05, 0) is 126 Å². The van der Waals surface area contributed by atoms with E-state index >= 15 is 0 Å². The van der Waals surface area contributed by atoms with Crippen molar-refractivity contribution < 1.29 is 33.6 Å². The number of fused-ring (bicyclic) bond motifs is 5. The van der Waals surface area contributed by atoms with Gasteiger partial charge in [-0.15, -0.1) is 0 Å². The zero-order chi connectivity index (χ0) is 43.5. The number of aliphatic hydroxyl groups is 1. The SMILES string of the molecule is CC[C@@]1(O)C(=O)OCc2c1cc1n(c2=O)Cc2cc3c(CN(C)C)c(OCCCCCOc4ccc(C(=O)N[C@H]5CC[C@H](Oc6ccc(C#N)c(Cl)c6)CC5)cc4)ccc3nc2-1. The number of cyclic esters (lactones) is 1. The molecule has 1 aliphatic carbocycles. The minimum atomic E-state index is -1.88. The number of hydrogen-bond acceptors (Lipinski definition) is 11. The molecule has 13 nitrogen and oxygen atoms in total. The lowest BCUT2D eigenvalue weighted by Gasteiger charge is -2.31. The van der Waals surface area contributed by atoms with E-state index in [1.807, 2.05) is 38.4 Å². The first-order chi connectivity index (χ1) is 29.9. The molecule has 8 rings (SSSR count). The summed E-state index contributed by atoms with van der Waals surface area (Å²) >= 11 is 6.15. The lowest BCUT2D eigenvalue weighted by atomic mass is 9.86. The van der Waals surface area contributed by atoms with Crippen LogP contribution in [0.5, 0.6) is 17.2 Å². The van der Waals surface area contributed by atoms with Crippen LogP contribution in [0.2, 0.25) is 5.02 Å². The van der Waals surface area contributed by atoms with Gasteiger partial charge in [-0.2, -0.15) is 5.26 Å². The highest BCUT2D eigenvalue weighted by Crippen LogP contribution is 2.40. The van der Waals surface area contributed by atoms with Crippen LogP contribution < -0.4 is 25.1 Å². The molecule has 4 heterocycles. The Kier molecular flexibility index (Phi) is 12.5. The topological polar surface area (TPSA) is 165 Å². The smallest absolute Gasteiger partial charge is 0.343 e. The van der Waals surface area contributed by atoms with Crippen LogP contribution in [0, 0.1) is 11.3 Å². The van der Waals surface area contributed by atoms with Crippen molar-refractivity contribution >= 4 is 34.4 Å². The zero-order valence-electron chi connectivity index (χ0n) is 35.2. The number of benzene rings is 3. The summed E-state index contributed by atoms with van der Waals surface area (Å²) in [6.07, 6.45) is 5.93. The molecule has 14 heteroatoms. The van der Waals surface area contributed by atoms with E-state index in [1.54, 1.807) is 47.9 Å². The Morgan fingerprint density at radius 2 is 1.74 bits per heavy atom. The van der Waals surface area contributed by atoms with Gasteiger partial charge in [-0.25, -0.2) is 9.78 Å². The number of carbonyl (C=O) groups excluding carboxylic acids is 2. The minimum Gasteiger partial charge on any atom is -0.494 e. The van der Waals surface area contributed by atoms with E-state index < -0.39 is 11.6 Å². The van der Waals surface area contributed by atoms with Crippen molar-refractivity contribution in [1.82, 2.24) is 19.8 Å². The van der Waals surface area contributed by atoms with Crippen LogP contribution in [-0.4, -0.2) is 70.9 Å². The summed E-state index contributed by atoms with van der Waals surface area (Å²) in [5.41, 5.74) is 3.34. The predicted molar refractivity (Wildman–Crippen MR) is 234 cm³/mol. The van der Waals surface area contributed by atoms with Crippen molar-refractivity contribution in [2.75, 3.05) is 27.3 Å². The molecule has 2 aromatic heterocycles. The Labute approximate surface area is 365 Å². The summed E-state index contributed by atoms with van der Waals surface area (Å²) in [6, 6.07) is 22.2. The molecular weight excluding hydrogens is 810 g/mol. The third-order valence-corrected chi connectivity index (χ3v) is 12.4. The van der Waals surface area contributed by atoms with E-state index in [0.29, 0.717) is 76.5 Å². The first-order valence-electron chi connectivity index (χ1n) is 21.3. The normalized spacial score (nSPS) is 19.0. The first-order valence-corrected chi connectivity index (χ1v) is 21.6. The molecule has 5 aromatic rings. The molecule has 1 saturated carbocycles. The minimum absolute atomic E-state index is 0.0310. The lowest BCUT2D eigenvalue weighted by Crippen LogP contribution is -2.44. The largest absolute Gasteiger partial charge is 0.494 e. The molecule has 0 radical (unpaired) electrons. The number of nitrogens with one attached hydrogen (secondary N) is 1. The number of aromatic nitrogens is 2. The number of halogens is 1. The summed E-state index contributed by atoms with van der Waals surface area (Å²) in [5.74, 6) is 1.29. The van der Waals surface area contributed by atoms with Crippen LogP contribution in [0.1, 0.15) is 96.5 Å². The maximum absolute atomic E-state index is 13.7. The second kappa shape index (κ2) is 18.2. The molecule has 0 unspecified atom stereocenters. The third-order valence-electron chi connectivity index (χ3n) is 12.0. The molecular formula is C48H50ClN5O8. The molecule has 1 fully saturated rings. The number of unbranched alkanes of at least 4 members (excludes halogenated alkanes) is 2. The highest BCUT2D eigenvalue weighted by atomic mass is 35.5. The Morgan fingerprint density at radius 1 is 1.00 bits per heavy atom. The van der Waals surface area contributed by atoms with Crippen molar-refractivity contribution in [3.63, 3.8) is 0 Å². The molecule has 3 aliphatic rings. The maximum atomic E-state index is 13.7. The number of esters is 1. The van der Waals surface area contributed by atoms with Gasteiger partial charge in [0.2, 0.25) is 0 Å². The van der Waals surface area contributed by atoms with Crippen LogP contribution in [0.3, 0.4) is 0 Å². The van der Waals surface area contributed by atoms with Gasteiger partial charge >= 0.3 is 5.97 Å². The summed E-state index contributed by atoms with van der Waals surface area (Å²) in [7, 11) is 4.01. The van der Waals surface area contributed by atoms with E-state index in [9.17, 15) is 19.5 Å². The molecule has 2 N–H and O–H groups in total. The average Bonchev–Trinajstić information content (AvgIpc) is 3.63. The van der Waals surface area contributed by atoms with Crippen LogP contribution in [-0.2, 0) is 34.8 Å². The number of ether oxygens (including phenoxy) is 4. The molecule has 322 valence electrons. The van der Waals surface area contributed by atoms with Crippen molar-refractivity contribution in [3.05, 3.63) is 115 Å². The maximum Gasteiger partial charge on any atom is 0.343 e. The molecule has 0 bridgehead atoms. The summed E-state index contributed by atoms with van der Waals surface area (Å²) in [6.45, 7) is 3.55. The van der Waals surface area contributed by atoms with Gasteiger partial charge in [-0.3, -0.25) is 9.59 Å². The third kappa shape index (κ3) is 8.73. The van der Waals surface area contributed by atoms with Gasteiger partial charge < -0.3 is 38.8 Å². The molecule has 0 saturated heterocycles. The molecule has 62 heavy (non-hydrogen) atoms. The number of amides is 1. The van der Waals surface area contributed by atoms with Crippen molar-refractivity contribution in [2.45, 2.75) is 95.7 Å². The number of nitrogens with zero attached hydrogens (tertiary/aromatic N) is 4. The van der Waals surface area contributed by atoms with Crippen molar-refractivity contribution in [2.24, 2.45) is 0 Å². The van der Waals surface area contributed by atoms with Gasteiger partial charge in [0.15, 0.2) is 5.60 Å². The number of nitriles is 1. The number of hydrogen-bond donors (Lipinski definition) is 2. The number of carbonyl (C=O) groups is 2. The van der Waals surface area contributed by atoms with E-state index in [2.05, 4.69) is 22.4 Å². The summed E-state index contributed by atoms with van der Waals surface area (Å²) in [5, 5.41) is 24.8. The first kappa shape index (κ1) is 42.7. The van der Waals surface area contributed by atoms with Crippen molar-refractivity contribution in [3.8, 4) is 34.7 Å². The summed E-state index contributed by atoms with van der Waals surface area (Å²) in [4.78, 5) is 46.3. The van der Waals surface area contributed by atoms with Gasteiger partial charge in [0.05, 0.1) is 58.9 Å². The molecule has 1 atom stereocenters. The molecule has 1 amide bonds. The second-order valence-corrected chi connectivity index (χ2v) is 17.0. The average molecular weight is 860 g/mol. The quantitative estimate of drug-likeness (QED) is 0.0780. The van der Waals surface area contributed by atoms with E-state index in [4.69, 9.17) is 40.8 Å². The van der Waals surface area contributed by atoms with Crippen LogP contribution in [0.15, 0.2) is 71.5 Å². The Bertz CT molecular complexity index is 2610. The Morgan fingerprint density at radius 3 is 2.45 bits per heavy atom. The van der Waals surface area contributed by atoms with Crippen LogP contribution in [0.25, 0.3) is 22.3 Å². The van der Waals surface area contributed by atoms with Gasteiger partial charge in [-0.1, -0.05) is 18.5 Å². The highest BCUT2D eigenvalue weighted by Gasteiger charge is 2.45. The standard InChI is InChI=1S/C48H50ClN5O8/c1-4-48(58)39-24-42-44-31(26-54(42)46(56)38(39)28-61-47(48)57)22-36-37(27-53(2)3)43(19-18-41(36)52-44)60-21-7-5-6-20-59-33-13-8-29(9-14-33)45(55)51-32-11-16-34(17-12-32)62-35-15-10-30(25-50)40(49)23-35/h8-10,13-15,18-19,22-24,32,34,58H,4-7,11-12,16-17,20-21,26-28H2,1-3H3,(H,51,55)/t32-,34-,48-/m0/s1. The summed E-state index contributed by atoms with van der Waals surface area (Å²) < 4.78 is 25.3. The predicted octanol–water partition coefficient (Wildman–Crippen LogP) is 7.41. The van der Waals surface area contributed by atoms with Crippen LogP contribution in [0.4, 0.5) is 0 Å². The van der Waals surface area contributed by atoms with Gasteiger partial charge in [0, 0.05) is 46.3 Å². The van der Waals surface area contributed by atoms with E-state index in [1.165, 1.54) is 0 Å². The second-order valence-electron chi connectivity index (χ2n) is 16.5. The van der Waals surface area contributed by atoms with Crippen LogP contribution >= 0.6 is 11.6 Å². The zero-order valence-corrected chi connectivity index (χ0v) is 35.9. The van der Waals surface area contributed by atoms with Gasteiger partial charge in [0.25, 0.3) is 11.5 Å². The fourth-order valence-electron chi connectivity index (χ4n) is 8.61.